The third kappa shape index (κ3) is 2.97. The molecule has 1 aromatic carbocycles. The molecule has 0 bridgehead atoms. The van der Waals surface area contributed by atoms with Gasteiger partial charge in [-0.2, -0.15) is 5.26 Å². The first-order chi connectivity index (χ1) is 7.16. The van der Waals surface area contributed by atoms with E-state index in [9.17, 15) is 4.79 Å². The van der Waals surface area contributed by atoms with Gasteiger partial charge in [-0.05, 0) is 12.1 Å². The molecule has 0 unspecified atom stereocenters. The first-order valence-electron chi connectivity index (χ1n) is 4.56. The molecule has 0 aliphatic heterocycles. The van der Waals surface area contributed by atoms with Gasteiger partial charge in [0.15, 0.2) is 0 Å². The van der Waals surface area contributed by atoms with E-state index in [1.807, 2.05) is 12.1 Å². The molecular formula is C11H11ClN2O. The van der Waals surface area contributed by atoms with E-state index in [0.717, 1.165) is 0 Å². The number of hydrogen-bond acceptors (Lipinski definition) is 2. The van der Waals surface area contributed by atoms with Crippen molar-refractivity contribution >= 4 is 23.2 Å². The fraction of sp³-hybridized carbons (Fsp3) is 0.273. The van der Waals surface area contributed by atoms with Crippen LogP contribution in [0.5, 0.6) is 0 Å². The van der Waals surface area contributed by atoms with Crippen molar-refractivity contribution in [2.24, 2.45) is 0 Å². The van der Waals surface area contributed by atoms with Crippen LogP contribution in [0.15, 0.2) is 24.3 Å². The van der Waals surface area contributed by atoms with Crippen molar-refractivity contribution < 1.29 is 4.79 Å². The summed E-state index contributed by atoms with van der Waals surface area (Å²) in [5, 5.41) is 9.01. The Bertz CT molecular complexity index is 398. The number of rotatable bonds is 3. The number of carbonyl (C=O) groups excluding carboxylic acids is 1. The van der Waals surface area contributed by atoms with Gasteiger partial charge in [0.25, 0.3) is 0 Å². The van der Waals surface area contributed by atoms with Crippen molar-refractivity contribution in [2.75, 3.05) is 11.4 Å². The normalized spacial score (nSPS) is 9.40. The van der Waals surface area contributed by atoms with Crippen LogP contribution < -0.4 is 4.90 Å². The molecule has 0 radical (unpaired) electrons. The predicted octanol–water partition coefficient (Wildman–Crippen LogP) is 2.61. The van der Waals surface area contributed by atoms with Crippen LogP contribution in [0.4, 0.5) is 5.69 Å². The zero-order valence-electron chi connectivity index (χ0n) is 8.40. The maximum Gasteiger partial charge on any atom is 0.223 e. The Morgan fingerprint density at radius 2 is 2.20 bits per heavy atom. The topological polar surface area (TPSA) is 44.1 Å². The standard InChI is InChI=1S/C11H11ClN2O/c1-9(15)14(8-4-7-13)11-6-3-2-5-10(11)12/h2-3,5-6H,4,8H2,1H3. The van der Waals surface area contributed by atoms with Gasteiger partial charge < -0.3 is 4.90 Å². The third-order valence-corrected chi connectivity index (χ3v) is 2.29. The van der Waals surface area contributed by atoms with E-state index in [0.29, 0.717) is 23.7 Å². The number of nitrogens with zero attached hydrogens (tertiary/aromatic N) is 2. The summed E-state index contributed by atoms with van der Waals surface area (Å²) in [7, 11) is 0. The van der Waals surface area contributed by atoms with E-state index in [4.69, 9.17) is 16.9 Å². The molecule has 0 atom stereocenters. The Labute approximate surface area is 93.9 Å². The fourth-order valence-electron chi connectivity index (χ4n) is 1.28. The van der Waals surface area contributed by atoms with Crippen molar-refractivity contribution in [1.29, 1.82) is 5.26 Å². The summed E-state index contributed by atoms with van der Waals surface area (Å²) in [6, 6.07) is 9.10. The molecule has 3 nitrogen and oxygen atoms in total. The van der Waals surface area contributed by atoms with Crippen LogP contribution in [-0.4, -0.2) is 12.5 Å². The van der Waals surface area contributed by atoms with Crippen LogP contribution in [0, 0.1) is 11.3 Å². The van der Waals surface area contributed by atoms with Gasteiger partial charge in [-0.1, -0.05) is 23.7 Å². The van der Waals surface area contributed by atoms with Crippen LogP contribution in [0.3, 0.4) is 0 Å². The zero-order valence-corrected chi connectivity index (χ0v) is 9.16. The second-order valence-electron chi connectivity index (χ2n) is 3.03. The summed E-state index contributed by atoms with van der Waals surface area (Å²) in [5.74, 6) is -0.113. The summed E-state index contributed by atoms with van der Waals surface area (Å²) in [6.07, 6.45) is 0.296. The summed E-state index contributed by atoms with van der Waals surface area (Å²) < 4.78 is 0. The molecule has 0 N–H and O–H groups in total. The number of benzene rings is 1. The maximum atomic E-state index is 11.4. The third-order valence-electron chi connectivity index (χ3n) is 1.97. The second kappa shape index (κ2) is 5.38. The number of anilines is 1. The lowest BCUT2D eigenvalue weighted by atomic mass is 10.2. The van der Waals surface area contributed by atoms with Crippen molar-refractivity contribution in [3.63, 3.8) is 0 Å². The van der Waals surface area contributed by atoms with Crippen molar-refractivity contribution in [2.45, 2.75) is 13.3 Å². The van der Waals surface area contributed by atoms with Crippen LogP contribution in [0.2, 0.25) is 5.02 Å². The minimum absolute atomic E-state index is 0.113. The molecular weight excluding hydrogens is 212 g/mol. The number of carbonyl (C=O) groups is 1. The molecule has 0 aromatic heterocycles. The largest absolute Gasteiger partial charge is 0.310 e. The van der Waals surface area contributed by atoms with Gasteiger partial charge in [-0.25, -0.2) is 0 Å². The lowest BCUT2D eigenvalue weighted by Crippen LogP contribution is -2.29. The van der Waals surface area contributed by atoms with Crippen LogP contribution in [0.25, 0.3) is 0 Å². The fourth-order valence-corrected chi connectivity index (χ4v) is 1.52. The Hall–Kier alpha value is -1.53. The summed E-state index contributed by atoms with van der Waals surface area (Å²) in [6.45, 7) is 1.83. The minimum atomic E-state index is -0.113. The zero-order chi connectivity index (χ0) is 11.3. The maximum absolute atomic E-state index is 11.4. The summed E-state index contributed by atoms with van der Waals surface area (Å²) in [5.41, 5.74) is 0.655. The monoisotopic (exact) mass is 222 g/mol. The Kier molecular flexibility index (Phi) is 4.14. The first-order valence-corrected chi connectivity index (χ1v) is 4.94. The molecule has 0 saturated heterocycles. The van der Waals surface area contributed by atoms with Crippen molar-refractivity contribution in [3.05, 3.63) is 29.3 Å². The average Bonchev–Trinajstić information content (AvgIpc) is 2.20. The van der Waals surface area contributed by atoms with Crippen LogP contribution >= 0.6 is 11.6 Å². The number of para-hydroxylation sites is 1. The highest BCUT2D eigenvalue weighted by molar-refractivity contribution is 6.33. The molecule has 1 aromatic rings. The molecule has 1 amide bonds. The van der Waals surface area contributed by atoms with Gasteiger partial charge >= 0.3 is 0 Å². The van der Waals surface area contributed by atoms with Gasteiger partial charge in [-0.15, -0.1) is 0 Å². The number of hydrogen-bond donors (Lipinski definition) is 0. The summed E-state index contributed by atoms with van der Waals surface area (Å²) in [4.78, 5) is 12.9. The van der Waals surface area contributed by atoms with E-state index in [1.165, 1.54) is 11.8 Å². The van der Waals surface area contributed by atoms with E-state index in [-0.39, 0.29) is 5.91 Å². The van der Waals surface area contributed by atoms with Crippen LogP contribution in [-0.2, 0) is 4.79 Å². The number of nitriles is 1. The molecule has 0 fully saturated rings. The van der Waals surface area contributed by atoms with Gasteiger partial charge in [0.2, 0.25) is 5.91 Å². The molecule has 0 aliphatic carbocycles. The quantitative estimate of drug-likeness (QED) is 0.789. The molecule has 15 heavy (non-hydrogen) atoms. The highest BCUT2D eigenvalue weighted by atomic mass is 35.5. The lowest BCUT2D eigenvalue weighted by Gasteiger charge is -2.20. The number of halogens is 1. The lowest BCUT2D eigenvalue weighted by molar-refractivity contribution is -0.116. The SMILES string of the molecule is CC(=O)N(CCC#N)c1ccccc1Cl. The molecule has 0 spiro atoms. The molecule has 4 heteroatoms. The van der Waals surface area contributed by atoms with E-state index in [2.05, 4.69) is 0 Å². The highest BCUT2D eigenvalue weighted by Gasteiger charge is 2.13. The van der Waals surface area contributed by atoms with Gasteiger partial charge in [0, 0.05) is 13.5 Å². The predicted molar refractivity (Wildman–Crippen MR) is 59.7 cm³/mol. The molecule has 0 saturated carbocycles. The smallest absolute Gasteiger partial charge is 0.223 e. The first kappa shape index (κ1) is 11.5. The molecule has 78 valence electrons. The molecule has 0 heterocycles. The van der Waals surface area contributed by atoms with Crippen molar-refractivity contribution in [1.82, 2.24) is 0 Å². The average molecular weight is 223 g/mol. The molecule has 1 rings (SSSR count). The summed E-state index contributed by atoms with van der Waals surface area (Å²) >= 11 is 5.97. The van der Waals surface area contributed by atoms with E-state index >= 15 is 0 Å². The van der Waals surface area contributed by atoms with E-state index in [1.54, 1.807) is 18.2 Å². The number of amides is 1. The minimum Gasteiger partial charge on any atom is -0.310 e. The van der Waals surface area contributed by atoms with Gasteiger partial charge in [-0.3, -0.25) is 4.79 Å². The Morgan fingerprint density at radius 3 is 2.73 bits per heavy atom. The highest BCUT2D eigenvalue weighted by Crippen LogP contribution is 2.25. The second-order valence-corrected chi connectivity index (χ2v) is 3.44. The Morgan fingerprint density at radius 1 is 1.53 bits per heavy atom. The van der Waals surface area contributed by atoms with Gasteiger partial charge in [0.1, 0.15) is 0 Å². The van der Waals surface area contributed by atoms with E-state index < -0.39 is 0 Å². The van der Waals surface area contributed by atoms with Gasteiger partial charge in [0.05, 0.1) is 23.2 Å². The van der Waals surface area contributed by atoms with Crippen LogP contribution in [0.1, 0.15) is 13.3 Å². The Balaban J connectivity index is 2.95. The van der Waals surface area contributed by atoms with Crippen molar-refractivity contribution in [3.8, 4) is 6.07 Å². The molecule has 0 aliphatic rings.